The molecule has 2 aromatic rings. The summed E-state index contributed by atoms with van der Waals surface area (Å²) in [6.45, 7) is 1.83. The number of hydrogen-bond acceptors (Lipinski definition) is 3. The molecule has 1 atom stereocenters. The standard InChI is InChI=1S/C17H16O3/c1-12-7-5-6-10-14(12)15(18)11-16(19)17(20)13-8-3-2-4-9-13/h2-10,16,19H,11H2,1H3/t16-/m1/s1. The molecule has 20 heavy (non-hydrogen) atoms. The van der Waals surface area contributed by atoms with Crippen LogP contribution in [-0.2, 0) is 0 Å². The van der Waals surface area contributed by atoms with Crippen LogP contribution in [0.15, 0.2) is 54.6 Å². The minimum Gasteiger partial charge on any atom is -0.384 e. The van der Waals surface area contributed by atoms with Gasteiger partial charge in [-0.25, -0.2) is 0 Å². The van der Waals surface area contributed by atoms with E-state index >= 15 is 0 Å². The number of hydrogen-bond donors (Lipinski definition) is 1. The van der Waals surface area contributed by atoms with Gasteiger partial charge in [-0.1, -0.05) is 54.6 Å². The summed E-state index contributed by atoms with van der Waals surface area (Å²) in [4.78, 5) is 24.1. The average Bonchev–Trinajstić information content (AvgIpc) is 2.47. The Morgan fingerprint density at radius 2 is 1.60 bits per heavy atom. The van der Waals surface area contributed by atoms with Crippen molar-refractivity contribution in [3.63, 3.8) is 0 Å². The zero-order chi connectivity index (χ0) is 14.5. The van der Waals surface area contributed by atoms with Crippen LogP contribution in [0, 0.1) is 6.92 Å². The normalized spacial score (nSPS) is 11.9. The molecule has 3 heteroatoms. The van der Waals surface area contributed by atoms with Crippen LogP contribution in [0.1, 0.15) is 32.7 Å². The summed E-state index contributed by atoms with van der Waals surface area (Å²) >= 11 is 0. The van der Waals surface area contributed by atoms with Gasteiger partial charge in [0.05, 0.1) is 0 Å². The predicted octanol–water partition coefficient (Wildman–Crippen LogP) is 2.81. The monoisotopic (exact) mass is 268 g/mol. The molecule has 0 unspecified atom stereocenters. The highest BCUT2D eigenvalue weighted by Gasteiger charge is 2.21. The van der Waals surface area contributed by atoms with Crippen molar-refractivity contribution >= 4 is 11.6 Å². The highest BCUT2D eigenvalue weighted by atomic mass is 16.3. The molecule has 0 aliphatic carbocycles. The predicted molar refractivity (Wildman–Crippen MR) is 76.9 cm³/mol. The summed E-state index contributed by atoms with van der Waals surface area (Å²) < 4.78 is 0. The zero-order valence-corrected chi connectivity index (χ0v) is 11.2. The number of carbonyl (C=O) groups is 2. The Kier molecular flexibility index (Phi) is 4.43. The van der Waals surface area contributed by atoms with Crippen molar-refractivity contribution in [3.8, 4) is 0 Å². The highest BCUT2D eigenvalue weighted by molar-refractivity contribution is 6.05. The molecule has 0 heterocycles. The van der Waals surface area contributed by atoms with E-state index < -0.39 is 11.9 Å². The van der Waals surface area contributed by atoms with Gasteiger partial charge in [0, 0.05) is 17.5 Å². The molecule has 2 rings (SSSR count). The van der Waals surface area contributed by atoms with Crippen LogP contribution in [0.2, 0.25) is 0 Å². The lowest BCUT2D eigenvalue weighted by molar-refractivity contribution is 0.0681. The van der Waals surface area contributed by atoms with Gasteiger partial charge in [-0.3, -0.25) is 9.59 Å². The lowest BCUT2D eigenvalue weighted by Gasteiger charge is -2.10. The first-order valence-electron chi connectivity index (χ1n) is 6.45. The molecule has 0 bridgehead atoms. The Bertz CT molecular complexity index is 617. The van der Waals surface area contributed by atoms with Gasteiger partial charge in [0.25, 0.3) is 0 Å². The van der Waals surface area contributed by atoms with E-state index in [1.165, 1.54) is 0 Å². The average molecular weight is 268 g/mol. The molecule has 0 fully saturated rings. The van der Waals surface area contributed by atoms with Crippen LogP contribution in [0.4, 0.5) is 0 Å². The molecule has 0 saturated heterocycles. The van der Waals surface area contributed by atoms with Gasteiger partial charge in [-0.2, -0.15) is 0 Å². The molecule has 0 aliphatic heterocycles. The third kappa shape index (κ3) is 3.19. The molecule has 2 aromatic carbocycles. The number of benzene rings is 2. The summed E-state index contributed by atoms with van der Waals surface area (Å²) in [6.07, 6.45) is -1.50. The summed E-state index contributed by atoms with van der Waals surface area (Å²) in [5.41, 5.74) is 1.81. The van der Waals surface area contributed by atoms with Crippen LogP contribution < -0.4 is 0 Å². The fourth-order valence-electron chi connectivity index (χ4n) is 2.06. The topological polar surface area (TPSA) is 54.4 Å². The largest absolute Gasteiger partial charge is 0.384 e. The van der Waals surface area contributed by atoms with E-state index in [0.717, 1.165) is 5.56 Å². The summed E-state index contributed by atoms with van der Waals surface area (Å²) in [6, 6.07) is 15.7. The van der Waals surface area contributed by atoms with Gasteiger partial charge >= 0.3 is 0 Å². The molecule has 0 spiro atoms. The number of Topliss-reactive ketones (excluding diaryl/α,β-unsaturated/α-hetero) is 2. The third-order valence-electron chi connectivity index (χ3n) is 3.19. The quantitative estimate of drug-likeness (QED) is 0.848. The zero-order valence-electron chi connectivity index (χ0n) is 11.2. The summed E-state index contributed by atoms with van der Waals surface area (Å²) in [7, 11) is 0. The number of aryl methyl sites for hydroxylation is 1. The molecule has 0 saturated carbocycles. The summed E-state index contributed by atoms with van der Waals surface area (Å²) in [5.74, 6) is -0.646. The molecule has 1 N–H and O–H groups in total. The van der Waals surface area contributed by atoms with Crippen molar-refractivity contribution in [3.05, 3.63) is 71.3 Å². The second-order valence-corrected chi connectivity index (χ2v) is 4.69. The second kappa shape index (κ2) is 6.26. The number of carbonyl (C=O) groups excluding carboxylic acids is 2. The first-order chi connectivity index (χ1) is 9.59. The van der Waals surface area contributed by atoms with E-state index in [0.29, 0.717) is 11.1 Å². The van der Waals surface area contributed by atoms with Gasteiger partial charge in [-0.15, -0.1) is 0 Å². The maximum Gasteiger partial charge on any atom is 0.191 e. The maximum atomic E-state index is 12.1. The van der Waals surface area contributed by atoms with Crippen molar-refractivity contribution < 1.29 is 14.7 Å². The molecule has 102 valence electrons. The smallest absolute Gasteiger partial charge is 0.191 e. The molecule has 0 aromatic heterocycles. The third-order valence-corrected chi connectivity index (χ3v) is 3.19. The molecule has 0 aliphatic rings. The molecular weight excluding hydrogens is 252 g/mol. The van der Waals surface area contributed by atoms with E-state index in [1.54, 1.807) is 42.5 Å². The van der Waals surface area contributed by atoms with Gasteiger partial charge in [0.2, 0.25) is 0 Å². The van der Waals surface area contributed by atoms with Crippen molar-refractivity contribution in [1.29, 1.82) is 0 Å². The highest BCUT2D eigenvalue weighted by Crippen LogP contribution is 2.13. The Labute approximate surface area is 117 Å². The molecule has 0 radical (unpaired) electrons. The van der Waals surface area contributed by atoms with Crippen molar-refractivity contribution in [2.45, 2.75) is 19.4 Å². The lowest BCUT2D eigenvalue weighted by atomic mass is 9.97. The van der Waals surface area contributed by atoms with E-state index in [4.69, 9.17) is 0 Å². The van der Waals surface area contributed by atoms with Crippen LogP contribution >= 0.6 is 0 Å². The number of aliphatic hydroxyl groups excluding tert-OH is 1. The van der Waals surface area contributed by atoms with Crippen LogP contribution in [0.3, 0.4) is 0 Å². The number of aliphatic hydroxyl groups is 1. The fraction of sp³-hybridized carbons (Fsp3) is 0.176. The Morgan fingerprint density at radius 3 is 2.25 bits per heavy atom. The first kappa shape index (κ1) is 14.2. The van der Waals surface area contributed by atoms with Gasteiger partial charge in [0.1, 0.15) is 6.10 Å². The van der Waals surface area contributed by atoms with E-state index in [9.17, 15) is 14.7 Å². The van der Waals surface area contributed by atoms with Gasteiger partial charge < -0.3 is 5.11 Å². The van der Waals surface area contributed by atoms with Crippen molar-refractivity contribution in [2.24, 2.45) is 0 Å². The van der Waals surface area contributed by atoms with Crippen molar-refractivity contribution in [2.75, 3.05) is 0 Å². The lowest BCUT2D eigenvalue weighted by Crippen LogP contribution is -2.24. The maximum absolute atomic E-state index is 12.1. The van der Waals surface area contributed by atoms with Crippen LogP contribution in [-0.4, -0.2) is 22.8 Å². The Hall–Kier alpha value is -2.26. The summed E-state index contributed by atoms with van der Waals surface area (Å²) in [5, 5.41) is 9.92. The fourth-order valence-corrected chi connectivity index (χ4v) is 2.06. The van der Waals surface area contributed by atoms with Crippen molar-refractivity contribution in [1.82, 2.24) is 0 Å². The molecular formula is C17H16O3. The minimum atomic E-state index is -1.30. The number of rotatable bonds is 5. The molecule has 3 nitrogen and oxygen atoms in total. The first-order valence-corrected chi connectivity index (χ1v) is 6.45. The Morgan fingerprint density at radius 1 is 1.00 bits per heavy atom. The van der Waals surface area contributed by atoms with Gasteiger partial charge in [0.15, 0.2) is 11.6 Å². The van der Waals surface area contributed by atoms with Crippen LogP contribution in [0.5, 0.6) is 0 Å². The second-order valence-electron chi connectivity index (χ2n) is 4.69. The van der Waals surface area contributed by atoms with E-state index in [1.807, 2.05) is 19.1 Å². The number of ketones is 2. The molecule has 0 amide bonds. The van der Waals surface area contributed by atoms with E-state index in [2.05, 4.69) is 0 Å². The Balaban J connectivity index is 2.09. The van der Waals surface area contributed by atoms with E-state index in [-0.39, 0.29) is 12.2 Å². The van der Waals surface area contributed by atoms with Crippen LogP contribution in [0.25, 0.3) is 0 Å². The SMILES string of the molecule is Cc1ccccc1C(=O)C[C@@H](O)C(=O)c1ccccc1. The van der Waals surface area contributed by atoms with Gasteiger partial charge in [-0.05, 0) is 12.5 Å². The minimum absolute atomic E-state index is 0.196.